The number of rotatable bonds is 1. The Hall–Kier alpha value is -1.85. The molecular formula is C19H30N4O2. The molecule has 0 spiro atoms. The smallest absolute Gasteiger partial charge is 0.274 e. The van der Waals surface area contributed by atoms with Crippen molar-refractivity contribution in [2.24, 2.45) is 5.92 Å². The van der Waals surface area contributed by atoms with Crippen LogP contribution in [0.25, 0.3) is 0 Å². The molecule has 0 bridgehead atoms. The van der Waals surface area contributed by atoms with E-state index in [0.29, 0.717) is 18.2 Å². The molecular weight excluding hydrogens is 316 g/mol. The van der Waals surface area contributed by atoms with Crippen LogP contribution in [0.15, 0.2) is 6.07 Å². The van der Waals surface area contributed by atoms with Crippen LogP contribution in [-0.2, 0) is 10.2 Å². The molecule has 2 aliphatic rings. The Labute approximate surface area is 149 Å². The molecule has 1 N–H and O–H groups in total. The molecule has 1 aromatic rings. The lowest BCUT2D eigenvalue weighted by Gasteiger charge is -2.42. The van der Waals surface area contributed by atoms with Crippen molar-refractivity contribution < 1.29 is 9.59 Å². The zero-order valence-electron chi connectivity index (χ0n) is 15.8. The van der Waals surface area contributed by atoms with E-state index in [2.05, 4.69) is 31.0 Å². The highest BCUT2D eigenvalue weighted by atomic mass is 16.2. The molecule has 2 amide bonds. The van der Waals surface area contributed by atoms with Crippen molar-refractivity contribution in [1.82, 2.24) is 20.0 Å². The Morgan fingerprint density at radius 1 is 1.20 bits per heavy atom. The van der Waals surface area contributed by atoms with Crippen LogP contribution in [0, 0.1) is 5.92 Å². The minimum atomic E-state index is -0.0538. The van der Waals surface area contributed by atoms with Gasteiger partial charge in [-0.1, -0.05) is 27.2 Å². The monoisotopic (exact) mass is 346 g/mol. The van der Waals surface area contributed by atoms with E-state index in [4.69, 9.17) is 0 Å². The van der Waals surface area contributed by atoms with Crippen LogP contribution in [0.1, 0.15) is 69.6 Å². The number of piperidine rings is 1. The molecule has 0 unspecified atom stereocenters. The third-order valence-electron chi connectivity index (χ3n) is 5.61. The summed E-state index contributed by atoms with van der Waals surface area (Å²) in [6, 6.07) is 2.16. The second-order valence-corrected chi connectivity index (χ2v) is 8.49. The topological polar surface area (TPSA) is 69.3 Å². The van der Waals surface area contributed by atoms with Crippen molar-refractivity contribution >= 4 is 11.8 Å². The number of carbonyl (C=O) groups excluding carboxylic acids is 2. The van der Waals surface area contributed by atoms with Gasteiger partial charge in [-0.3, -0.25) is 14.7 Å². The maximum absolute atomic E-state index is 12.9. The van der Waals surface area contributed by atoms with Crippen molar-refractivity contribution in [3.8, 4) is 0 Å². The van der Waals surface area contributed by atoms with Crippen molar-refractivity contribution in [1.29, 1.82) is 0 Å². The highest BCUT2D eigenvalue weighted by Crippen LogP contribution is 2.31. The molecule has 3 rings (SSSR count). The molecule has 0 aromatic carbocycles. The fourth-order valence-corrected chi connectivity index (χ4v) is 4.12. The predicted octanol–water partition coefficient (Wildman–Crippen LogP) is 2.57. The highest BCUT2D eigenvalue weighted by Gasteiger charge is 2.37. The van der Waals surface area contributed by atoms with Crippen LogP contribution < -0.4 is 0 Å². The van der Waals surface area contributed by atoms with Crippen molar-refractivity contribution in [3.05, 3.63) is 17.5 Å². The zero-order valence-corrected chi connectivity index (χ0v) is 15.8. The van der Waals surface area contributed by atoms with E-state index in [-0.39, 0.29) is 23.3 Å². The summed E-state index contributed by atoms with van der Waals surface area (Å²) in [7, 11) is 0. The Morgan fingerprint density at radius 2 is 1.96 bits per heavy atom. The van der Waals surface area contributed by atoms with E-state index < -0.39 is 0 Å². The second-order valence-electron chi connectivity index (χ2n) is 8.49. The van der Waals surface area contributed by atoms with Crippen LogP contribution in [0.5, 0.6) is 0 Å². The molecule has 6 heteroatoms. The van der Waals surface area contributed by atoms with E-state index in [9.17, 15) is 9.59 Å². The van der Waals surface area contributed by atoms with Crippen LogP contribution in [0.4, 0.5) is 0 Å². The van der Waals surface area contributed by atoms with E-state index in [1.165, 1.54) is 0 Å². The maximum Gasteiger partial charge on any atom is 0.274 e. The number of carbonyl (C=O) groups is 2. The van der Waals surface area contributed by atoms with Crippen molar-refractivity contribution in [2.45, 2.75) is 64.8 Å². The van der Waals surface area contributed by atoms with E-state index in [0.717, 1.165) is 44.5 Å². The Balaban J connectivity index is 1.72. The lowest BCUT2D eigenvalue weighted by atomic mass is 9.88. The van der Waals surface area contributed by atoms with Gasteiger partial charge in [-0.2, -0.15) is 5.10 Å². The summed E-state index contributed by atoms with van der Waals surface area (Å²) in [5, 5.41) is 7.25. The number of amides is 2. The molecule has 0 saturated carbocycles. The summed E-state index contributed by atoms with van der Waals surface area (Å²) in [4.78, 5) is 28.8. The van der Waals surface area contributed by atoms with Gasteiger partial charge in [0.05, 0.1) is 0 Å². The average Bonchev–Trinajstić information content (AvgIpc) is 2.95. The number of hydrogen-bond acceptors (Lipinski definition) is 3. The Bertz CT molecular complexity index is 646. The van der Waals surface area contributed by atoms with Gasteiger partial charge in [-0.15, -0.1) is 0 Å². The van der Waals surface area contributed by atoms with Crippen LogP contribution in [0.3, 0.4) is 0 Å². The largest absolute Gasteiger partial charge is 0.340 e. The first-order valence-electron chi connectivity index (χ1n) is 9.39. The van der Waals surface area contributed by atoms with Crippen LogP contribution >= 0.6 is 0 Å². The fraction of sp³-hybridized carbons (Fsp3) is 0.737. The number of nitrogens with one attached hydrogen (secondary N) is 1. The third kappa shape index (κ3) is 3.72. The van der Waals surface area contributed by atoms with Crippen molar-refractivity contribution in [2.75, 3.05) is 19.6 Å². The van der Waals surface area contributed by atoms with Gasteiger partial charge in [0.15, 0.2) is 0 Å². The molecule has 2 saturated heterocycles. The molecule has 2 atom stereocenters. The summed E-state index contributed by atoms with van der Waals surface area (Å²) in [6.45, 7) is 10.2. The third-order valence-corrected chi connectivity index (χ3v) is 5.61. The van der Waals surface area contributed by atoms with Gasteiger partial charge >= 0.3 is 0 Å². The predicted molar refractivity (Wildman–Crippen MR) is 96.3 cm³/mol. The SMILES string of the molecule is CC(=O)N1CCCC[C@@H]2CN(C(=O)c3cc(C(C)(C)C)[nH]n3)CC[C@H]21. The number of H-pyrrole nitrogens is 1. The van der Waals surface area contributed by atoms with Gasteiger partial charge in [0.2, 0.25) is 5.91 Å². The Kier molecular flexibility index (Phi) is 4.89. The lowest BCUT2D eigenvalue weighted by molar-refractivity contribution is -0.132. The molecule has 2 fully saturated rings. The van der Waals surface area contributed by atoms with Gasteiger partial charge in [-0.05, 0) is 31.2 Å². The molecule has 3 heterocycles. The number of likely N-dealkylation sites (tertiary alicyclic amines) is 2. The van der Waals surface area contributed by atoms with Gasteiger partial charge in [-0.25, -0.2) is 0 Å². The molecule has 0 radical (unpaired) electrons. The minimum absolute atomic E-state index is 0.00354. The summed E-state index contributed by atoms with van der Waals surface area (Å²) in [5.74, 6) is 0.549. The first-order valence-corrected chi connectivity index (χ1v) is 9.39. The highest BCUT2D eigenvalue weighted by molar-refractivity contribution is 5.92. The molecule has 1 aromatic heterocycles. The number of aromatic nitrogens is 2. The standard InChI is InChI=1S/C19H30N4O2/c1-13(24)23-9-6-5-7-14-12-22(10-8-16(14)23)18(25)15-11-17(21-20-15)19(2,3)4/h11,14,16H,5-10,12H2,1-4H3,(H,20,21)/t14-,16-/m1/s1. The quantitative estimate of drug-likeness (QED) is 0.850. The zero-order chi connectivity index (χ0) is 18.2. The van der Waals surface area contributed by atoms with E-state index in [1.807, 2.05) is 15.9 Å². The lowest BCUT2D eigenvalue weighted by Crippen LogP contribution is -2.53. The molecule has 25 heavy (non-hydrogen) atoms. The van der Waals surface area contributed by atoms with Gasteiger partial charge in [0.1, 0.15) is 5.69 Å². The first kappa shape index (κ1) is 18.0. The number of fused-ring (bicyclic) bond motifs is 1. The summed E-state index contributed by atoms with van der Waals surface area (Å²) in [6.07, 6.45) is 4.15. The average molecular weight is 346 g/mol. The summed E-state index contributed by atoms with van der Waals surface area (Å²) < 4.78 is 0. The first-order chi connectivity index (χ1) is 11.8. The molecule has 138 valence electrons. The Morgan fingerprint density at radius 3 is 2.60 bits per heavy atom. The van der Waals surface area contributed by atoms with Gasteiger partial charge in [0.25, 0.3) is 5.91 Å². The summed E-state index contributed by atoms with van der Waals surface area (Å²) >= 11 is 0. The molecule has 2 aliphatic heterocycles. The van der Waals surface area contributed by atoms with E-state index >= 15 is 0 Å². The number of hydrogen-bond donors (Lipinski definition) is 1. The normalized spacial score (nSPS) is 24.6. The number of aromatic amines is 1. The second kappa shape index (κ2) is 6.81. The summed E-state index contributed by atoms with van der Waals surface area (Å²) in [5.41, 5.74) is 1.42. The van der Waals surface area contributed by atoms with Gasteiger partial charge < -0.3 is 9.80 Å². The van der Waals surface area contributed by atoms with Crippen molar-refractivity contribution in [3.63, 3.8) is 0 Å². The van der Waals surface area contributed by atoms with Gasteiger partial charge in [0, 0.05) is 43.7 Å². The van der Waals surface area contributed by atoms with Crippen LogP contribution in [0.2, 0.25) is 0 Å². The fourth-order valence-electron chi connectivity index (χ4n) is 4.12. The van der Waals surface area contributed by atoms with E-state index in [1.54, 1.807) is 6.92 Å². The molecule has 0 aliphatic carbocycles. The maximum atomic E-state index is 12.9. The number of nitrogens with zero attached hydrogens (tertiary/aromatic N) is 3. The van der Waals surface area contributed by atoms with Crippen LogP contribution in [-0.4, -0.2) is 57.5 Å². The minimum Gasteiger partial charge on any atom is -0.340 e. The molecule has 6 nitrogen and oxygen atoms in total.